The van der Waals surface area contributed by atoms with E-state index in [1.807, 2.05) is 0 Å². The van der Waals surface area contributed by atoms with Crippen LogP contribution in [0, 0.1) is 0 Å². The van der Waals surface area contributed by atoms with Gasteiger partial charge in [-0.3, -0.25) is 4.79 Å². The van der Waals surface area contributed by atoms with Crippen molar-refractivity contribution in [3.63, 3.8) is 0 Å². The Morgan fingerprint density at radius 3 is 2.20 bits per heavy atom. The van der Waals surface area contributed by atoms with Gasteiger partial charge in [-0.1, -0.05) is 19.1 Å². The van der Waals surface area contributed by atoms with Crippen LogP contribution < -0.4 is 14.8 Å². The van der Waals surface area contributed by atoms with E-state index in [4.69, 9.17) is 9.47 Å². The Morgan fingerprint density at radius 2 is 1.63 bits per heavy atom. The van der Waals surface area contributed by atoms with E-state index in [0.29, 0.717) is 28.4 Å². The van der Waals surface area contributed by atoms with Crippen LogP contribution >= 0.6 is 0 Å². The van der Waals surface area contributed by atoms with E-state index in [1.165, 1.54) is 20.3 Å². The molecule has 2 aromatic carbocycles. The molecular formula is C21H21N3O5S. The predicted octanol–water partition coefficient (Wildman–Crippen LogP) is 3.21. The molecule has 0 bridgehead atoms. The number of nitrogens with zero attached hydrogens (tertiary/aromatic N) is 2. The van der Waals surface area contributed by atoms with Crippen LogP contribution in [0.5, 0.6) is 11.5 Å². The van der Waals surface area contributed by atoms with E-state index in [2.05, 4.69) is 15.5 Å². The number of benzene rings is 2. The second-order valence-electron chi connectivity index (χ2n) is 6.26. The number of carbonyl (C=O) groups excluding carboxylic acids is 1. The van der Waals surface area contributed by atoms with E-state index in [-0.39, 0.29) is 16.7 Å². The number of amides is 1. The summed E-state index contributed by atoms with van der Waals surface area (Å²) in [5.74, 6) is 0.678. The quantitative estimate of drug-likeness (QED) is 0.617. The number of ether oxygens (including phenoxy) is 2. The van der Waals surface area contributed by atoms with Crippen LogP contribution in [-0.2, 0) is 9.84 Å². The minimum atomic E-state index is -3.39. The third-order valence-corrected chi connectivity index (χ3v) is 6.04. The number of carbonyl (C=O) groups is 1. The second-order valence-corrected chi connectivity index (χ2v) is 8.49. The van der Waals surface area contributed by atoms with Gasteiger partial charge in [-0.15, -0.1) is 10.2 Å². The van der Waals surface area contributed by atoms with Gasteiger partial charge >= 0.3 is 0 Å². The van der Waals surface area contributed by atoms with Crippen molar-refractivity contribution in [3.8, 4) is 22.8 Å². The summed E-state index contributed by atoms with van der Waals surface area (Å²) in [6, 6.07) is 14.9. The minimum Gasteiger partial charge on any atom is -0.493 e. The highest BCUT2D eigenvalue weighted by molar-refractivity contribution is 7.91. The number of hydrogen-bond donors (Lipinski definition) is 1. The number of anilines is 1. The van der Waals surface area contributed by atoms with Crippen molar-refractivity contribution < 1.29 is 22.7 Å². The van der Waals surface area contributed by atoms with E-state index in [9.17, 15) is 13.2 Å². The summed E-state index contributed by atoms with van der Waals surface area (Å²) in [6.45, 7) is 1.56. The maximum atomic E-state index is 12.5. The molecule has 3 aromatic rings. The molecule has 0 fully saturated rings. The highest BCUT2D eigenvalue weighted by Crippen LogP contribution is 2.28. The first-order valence-electron chi connectivity index (χ1n) is 9.08. The van der Waals surface area contributed by atoms with Crippen molar-refractivity contribution in [2.24, 2.45) is 0 Å². The van der Waals surface area contributed by atoms with Crippen molar-refractivity contribution in [2.75, 3.05) is 25.3 Å². The third kappa shape index (κ3) is 4.57. The number of methoxy groups -OCH3 is 2. The summed E-state index contributed by atoms with van der Waals surface area (Å²) in [6.07, 6.45) is 0. The lowest BCUT2D eigenvalue weighted by atomic mass is 10.1. The minimum absolute atomic E-state index is 0.0323. The molecule has 30 heavy (non-hydrogen) atoms. The molecule has 0 aliphatic heterocycles. The van der Waals surface area contributed by atoms with Crippen LogP contribution in [0.4, 0.5) is 5.69 Å². The Balaban J connectivity index is 1.74. The first kappa shape index (κ1) is 21.3. The fourth-order valence-electron chi connectivity index (χ4n) is 2.69. The topological polar surface area (TPSA) is 107 Å². The molecule has 0 aliphatic rings. The molecule has 8 nitrogen and oxygen atoms in total. The Labute approximate surface area is 174 Å². The fraction of sp³-hybridized carbons (Fsp3) is 0.190. The lowest BCUT2D eigenvalue weighted by Gasteiger charge is -2.10. The molecule has 1 aromatic heterocycles. The van der Waals surface area contributed by atoms with Crippen LogP contribution in [0.3, 0.4) is 0 Å². The highest BCUT2D eigenvalue weighted by Gasteiger charge is 2.14. The van der Waals surface area contributed by atoms with E-state index in [0.717, 1.165) is 5.56 Å². The SMILES string of the molecule is CCS(=O)(=O)c1ccc(-c2ccc(NC(=O)c3ccc(OC)c(OC)c3)cc2)nn1. The molecule has 1 heterocycles. The van der Waals surface area contributed by atoms with E-state index >= 15 is 0 Å². The second kappa shape index (κ2) is 8.91. The van der Waals surface area contributed by atoms with Gasteiger partial charge in [0.15, 0.2) is 26.4 Å². The number of rotatable bonds is 7. The van der Waals surface area contributed by atoms with Gasteiger partial charge in [0.25, 0.3) is 5.91 Å². The molecule has 0 saturated heterocycles. The number of nitrogens with one attached hydrogen (secondary N) is 1. The summed E-state index contributed by atoms with van der Waals surface area (Å²) in [5.41, 5.74) is 2.29. The van der Waals surface area contributed by atoms with Crippen molar-refractivity contribution in [3.05, 3.63) is 60.2 Å². The van der Waals surface area contributed by atoms with Gasteiger partial charge in [0.1, 0.15) is 0 Å². The zero-order valence-corrected chi connectivity index (χ0v) is 17.6. The first-order chi connectivity index (χ1) is 14.4. The van der Waals surface area contributed by atoms with Gasteiger partial charge in [0, 0.05) is 16.8 Å². The van der Waals surface area contributed by atoms with Gasteiger partial charge in [-0.05, 0) is 42.5 Å². The maximum Gasteiger partial charge on any atom is 0.255 e. The molecule has 1 amide bonds. The molecule has 0 atom stereocenters. The zero-order chi connectivity index (χ0) is 21.7. The summed E-state index contributed by atoms with van der Waals surface area (Å²) in [7, 11) is -0.358. The molecule has 9 heteroatoms. The summed E-state index contributed by atoms with van der Waals surface area (Å²) in [4.78, 5) is 12.5. The van der Waals surface area contributed by atoms with E-state index in [1.54, 1.807) is 55.5 Å². The van der Waals surface area contributed by atoms with Crippen molar-refractivity contribution in [1.82, 2.24) is 10.2 Å². The highest BCUT2D eigenvalue weighted by atomic mass is 32.2. The molecule has 156 valence electrons. The van der Waals surface area contributed by atoms with Crippen LogP contribution in [-0.4, -0.2) is 44.5 Å². The lowest BCUT2D eigenvalue weighted by Crippen LogP contribution is -2.12. The first-order valence-corrected chi connectivity index (χ1v) is 10.7. The van der Waals surface area contributed by atoms with Crippen LogP contribution in [0.2, 0.25) is 0 Å². The summed E-state index contributed by atoms with van der Waals surface area (Å²) >= 11 is 0. The van der Waals surface area contributed by atoms with Crippen LogP contribution in [0.25, 0.3) is 11.3 Å². The Bertz CT molecular complexity index is 1140. The molecular weight excluding hydrogens is 406 g/mol. The zero-order valence-electron chi connectivity index (χ0n) is 16.7. The standard InChI is InChI=1S/C21H21N3O5S/c1-4-30(26,27)20-12-10-17(23-24-20)14-5-8-16(9-6-14)22-21(25)15-7-11-18(28-2)19(13-15)29-3/h5-13H,4H2,1-3H3,(H,22,25). The largest absolute Gasteiger partial charge is 0.493 e. The van der Waals surface area contributed by atoms with Gasteiger partial charge < -0.3 is 14.8 Å². The van der Waals surface area contributed by atoms with Crippen molar-refractivity contribution in [2.45, 2.75) is 11.9 Å². The number of hydrogen-bond acceptors (Lipinski definition) is 7. The van der Waals surface area contributed by atoms with E-state index < -0.39 is 9.84 Å². The third-order valence-electron chi connectivity index (χ3n) is 4.42. The van der Waals surface area contributed by atoms with Gasteiger partial charge in [0.2, 0.25) is 0 Å². The predicted molar refractivity (Wildman–Crippen MR) is 113 cm³/mol. The van der Waals surface area contributed by atoms with Crippen LogP contribution in [0.15, 0.2) is 59.6 Å². The molecule has 0 spiro atoms. The van der Waals surface area contributed by atoms with Crippen molar-refractivity contribution in [1.29, 1.82) is 0 Å². The Hall–Kier alpha value is -3.46. The number of aromatic nitrogens is 2. The molecule has 0 unspecified atom stereocenters. The van der Waals surface area contributed by atoms with Gasteiger partial charge in [-0.25, -0.2) is 8.42 Å². The monoisotopic (exact) mass is 427 g/mol. The summed E-state index contributed by atoms with van der Waals surface area (Å²) in [5, 5.41) is 10.6. The average Bonchev–Trinajstić information content (AvgIpc) is 2.79. The normalized spacial score (nSPS) is 11.0. The maximum absolute atomic E-state index is 12.5. The van der Waals surface area contributed by atoms with Crippen LogP contribution in [0.1, 0.15) is 17.3 Å². The molecule has 1 N–H and O–H groups in total. The lowest BCUT2D eigenvalue weighted by molar-refractivity contribution is 0.102. The number of sulfone groups is 1. The molecule has 3 rings (SSSR count). The van der Waals surface area contributed by atoms with Crippen molar-refractivity contribution >= 4 is 21.4 Å². The van der Waals surface area contributed by atoms with Gasteiger partial charge in [0.05, 0.1) is 25.7 Å². The Morgan fingerprint density at radius 1 is 0.933 bits per heavy atom. The molecule has 0 saturated carbocycles. The molecule has 0 radical (unpaired) electrons. The van der Waals surface area contributed by atoms with Gasteiger partial charge in [-0.2, -0.15) is 0 Å². The summed E-state index contributed by atoms with van der Waals surface area (Å²) < 4.78 is 34.1. The average molecular weight is 427 g/mol. The fourth-order valence-corrected chi connectivity index (χ4v) is 3.43. The Kier molecular flexibility index (Phi) is 6.31. The smallest absolute Gasteiger partial charge is 0.255 e. The molecule has 0 aliphatic carbocycles.